The van der Waals surface area contributed by atoms with Crippen LogP contribution in [-0.2, 0) is 6.54 Å². The zero-order valence-electron chi connectivity index (χ0n) is 9.25. The molecule has 16 heavy (non-hydrogen) atoms. The van der Waals surface area contributed by atoms with Crippen LogP contribution in [0.4, 0.5) is 0 Å². The van der Waals surface area contributed by atoms with Gasteiger partial charge in [0.05, 0.1) is 5.02 Å². The van der Waals surface area contributed by atoms with Gasteiger partial charge in [-0.3, -0.25) is 4.90 Å². The highest BCUT2D eigenvalue weighted by molar-refractivity contribution is 7.15. The number of nitrogens with zero attached hydrogens (tertiary/aromatic N) is 1. The lowest BCUT2D eigenvalue weighted by Crippen LogP contribution is -2.29. The quantitative estimate of drug-likeness (QED) is 0.920. The molecule has 0 spiro atoms. The van der Waals surface area contributed by atoms with E-state index >= 15 is 0 Å². The molecular weight excluding hydrogens is 263 g/mol. The second kappa shape index (κ2) is 5.23. The molecule has 1 aliphatic rings. The number of thiophene rings is 1. The third kappa shape index (κ3) is 2.71. The van der Waals surface area contributed by atoms with Crippen LogP contribution in [-0.4, -0.2) is 24.0 Å². The summed E-state index contributed by atoms with van der Waals surface area (Å²) in [6.07, 6.45) is 1.19. The zero-order chi connectivity index (χ0) is 11.7. The van der Waals surface area contributed by atoms with Crippen LogP contribution in [0.15, 0.2) is 5.38 Å². The fraction of sp³-hybridized carbons (Fsp3) is 0.636. The van der Waals surface area contributed by atoms with E-state index < -0.39 is 0 Å². The molecule has 1 aliphatic heterocycles. The van der Waals surface area contributed by atoms with Crippen LogP contribution in [0.3, 0.4) is 0 Å². The summed E-state index contributed by atoms with van der Waals surface area (Å²) in [6, 6.07) is 0.284. The van der Waals surface area contributed by atoms with Gasteiger partial charge >= 0.3 is 0 Å². The summed E-state index contributed by atoms with van der Waals surface area (Å²) < 4.78 is 0.694. The van der Waals surface area contributed by atoms with Crippen molar-refractivity contribution in [2.75, 3.05) is 13.1 Å². The van der Waals surface area contributed by atoms with Crippen molar-refractivity contribution in [3.63, 3.8) is 0 Å². The minimum atomic E-state index is 0.284. The van der Waals surface area contributed by atoms with E-state index in [1.807, 2.05) is 5.38 Å². The Bertz CT molecular complexity index is 365. The summed E-state index contributed by atoms with van der Waals surface area (Å²) in [6.45, 7) is 5.16. The Balaban J connectivity index is 1.94. The summed E-state index contributed by atoms with van der Waals surface area (Å²) in [5, 5.41) is 2.76. The van der Waals surface area contributed by atoms with Gasteiger partial charge < -0.3 is 5.73 Å². The van der Waals surface area contributed by atoms with Gasteiger partial charge in [0.15, 0.2) is 0 Å². The molecule has 1 aromatic heterocycles. The Kier molecular flexibility index (Phi) is 4.14. The number of hydrogen-bond acceptors (Lipinski definition) is 3. The number of nitrogens with two attached hydrogens (primary N) is 1. The van der Waals surface area contributed by atoms with Gasteiger partial charge in [0, 0.05) is 19.1 Å². The third-order valence-electron chi connectivity index (χ3n) is 3.21. The highest BCUT2D eigenvalue weighted by Crippen LogP contribution is 2.34. The van der Waals surface area contributed by atoms with Gasteiger partial charge in [-0.2, -0.15) is 0 Å². The van der Waals surface area contributed by atoms with E-state index in [9.17, 15) is 0 Å². The molecular formula is C11H16Cl2N2S. The number of likely N-dealkylation sites (tertiary alicyclic amines) is 1. The van der Waals surface area contributed by atoms with Crippen molar-refractivity contribution in [3.05, 3.63) is 20.3 Å². The lowest BCUT2D eigenvalue weighted by atomic mass is 10.0. The SMILES string of the molecule is CC(N)C1CCN(Cc2csc(Cl)c2Cl)C1. The Labute approximate surface area is 110 Å². The van der Waals surface area contributed by atoms with Crippen molar-refractivity contribution in [1.82, 2.24) is 4.90 Å². The van der Waals surface area contributed by atoms with Crippen LogP contribution >= 0.6 is 34.5 Å². The molecule has 1 aromatic rings. The first kappa shape index (κ1) is 12.7. The maximum Gasteiger partial charge on any atom is 0.112 e. The van der Waals surface area contributed by atoms with Crippen LogP contribution in [0.5, 0.6) is 0 Å². The maximum absolute atomic E-state index is 6.11. The van der Waals surface area contributed by atoms with E-state index in [0.29, 0.717) is 10.3 Å². The summed E-state index contributed by atoms with van der Waals surface area (Å²) in [7, 11) is 0. The molecule has 2 rings (SSSR count). The van der Waals surface area contributed by atoms with Crippen molar-refractivity contribution in [3.8, 4) is 0 Å². The molecule has 5 heteroatoms. The zero-order valence-corrected chi connectivity index (χ0v) is 11.6. The van der Waals surface area contributed by atoms with Crippen molar-refractivity contribution in [2.24, 2.45) is 11.7 Å². The smallest absolute Gasteiger partial charge is 0.112 e. The van der Waals surface area contributed by atoms with Gasteiger partial charge in [0.25, 0.3) is 0 Å². The topological polar surface area (TPSA) is 29.3 Å². The van der Waals surface area contributed by atoms with Gasteiger partial charge in [-0.1, -0.05) is 23.2 Å². The van der Waals surface area contributed by atoms with E-state index in [1.54, 1.807) is 0 Å². The predicted molar refractivity (Wildman–Crippen MR) is 71.4 cm³/mol. The first-order chi connectivity index (χ1) is 7.58. The minimum absolute atomic E-state index is 0.284. The van der Waals surface area contributed by atoms with E-state index in [2.05, 4.69) is 11.8 Å². The highest BCUT2D eigenvalue weighted by atomic mass is 35.5. The van der Waals surface area contributed by atoms with Gasteiger partial charge in [-0.25, -0.2) is 0 Å². The molecule has 0 amide bonds. The van der Waals surface area contributed by atoms with Crippen LogP contribution in [0, 0.1) is 5.92 Å². The Hall–Kier alpha value is 0.200. The summed E-state index contributed by atoms with van der Waals surface area (Å²) >= 11 is 13.6. The second-order valence-corrected chi connectivity index (χ2v) is 6.35. The van der Waals surface area contributed by atoms with Crippen LogP contribution < -0.4 is 5.73 Å². The molecule has 0 aliphatic carbocycles. The maximum atomic E-state index is 6.11. The molecule has 2 unspecified atom stereocenters. The molecule has 1 saturated heterocycles. The molecule has 1 fully saturated rings. The average molecular weight is 279 g/mol. The molecule has 2 N–H and O–H groups in total. The van der Waals surface area contributed by atoms with Gasteiger partial charge in [0.2, 0.25) is 0 Å². The van der Waals surface area contributed by atoms with Crippen molar-refractivity contribution >= 4 is 34.5 Å². The fourth-order valence-electron chi connectivity index (χ4n) is 2.14. The first-order valence-corrected chi connectivity index (χ1v) is 7.10. The normalized spacial score (nSPS) is 23.9. The predicted octanol–water partition coefficient (Wildman–Crippen LogP) is 3.22. The summed E-state index contributed by atoms with van der Waals surface area (Å²) in [4.78, 5) is 2.40. The lowest BCUT2D eigenvalue weighted by Gasteiger charge is -2.17. The monoisotopic (exact) mass is 278 g/mol. The van der Waals surface area contributed by atoms with Gasteiger partial charge in [0.1, 0.15) is 4.34 Å². The molecule has 0 saturated carbocycles. The largest absolute Gasteiger partial charge is 0.328 e. The molecule has 0 aromatic carbocycles. The first-order valence-electron chi connectivity index (χ1n) is 5.47. The van der Waals surface area contributed by atoms with Crippen molar-refractivity contribution in [2.45, 2.75) is 25.9 Å². The molecule has 0 radical (unpaired) electrons. The van der Waals surface area contributed by atoms with E-state index in [4.69, 9.17) is 28.9 Å². The fourth-order valence-corrected chi connectivity index (χ4v) is 3.38. The number of rotatable bonds is 3. The van der Waals surface area contributed by atoms with Crippen LogP contribution in [0.25, 0.3) is 0 Å². The van der Waals surface area contributed by atoms with Crippen LogP contribution in [0.1, 0.15) is 18.9 Å². The number of hydrogen-bond donors (Lipinski definition) is 1. The molecule has 90 valence electrons. The molecule has 2 atom stereocenters. The van der Waals surface area contributed by atoms with E-state index in [0.717, 1.165) is 30.2 Å². The standard InChI is InChI=1S/C11H16Cl2N2S/c1-7(14)8-2-3-15(4-8)5-9-6-16-11(13)10(9)12/h6-8H,2-5,14H2,1H3. The van der Waals surface area contributed by atoms with Gasteiger partial charge in [-0.15, -0.1) is 11.3 Å². The Morgan fingerprint density at radius 3 is 2.88 bits per heavy atom. The average Bonchev–Trinajstić information content (AvgIpc) is 2.81. The van der Waals surface area contributed by atoms with Crippen LogP contribution in [0.2, 0.25) is 9.36 Å². The van der Waals surface area contributed by atoms with Crippen molar-refractivity contribution in [1.29, 1.82) is 0 Å². The molecule has 2 nitrogen and oxygen atoms in total. The summed E-state index contributed by atoms with van der Waals surface area (Å²) in [5.74, 6) is 0.618. The highest BCUT2D eigenvalue weighted by Gasteiger charge is 2.25. The Morgan fingerprint density at radius 2 is 2.38 bits per heavy atom. The van der Waals surface area contributed by atoms with E-state index in [1.165, 1.54) is 17.8 Å². The van der Waals surface area contributed by atoms with E-state index in [-0.39, 0.29) is 6.04 Å². The summed E-state index contributed by atoms with van der Waals surface area (Å²) in [5.41, 5.74) is 7.06. The molecule has 2 heterocycles. The Morgan fingerprint density at radius 1 is 1.62 bits per heavy atom. The number of halogens is 2. The lowest BCUT2D eigenvalue weighted by molar-refractivity contribution is 0.309. The van der Waals surface area contributed by atoms with Crippen molar-refractivity contribution < 1.29 is 0 Å². The third-order valence-corrected chi connectivity index (χ3v) is 5.12. The second-order valence-electron chi connectivity index (χ2n) is 4.49. The minimum Gasteiger partial charge on any atom is -0.328 e. The van der Waals surface area contributed by atoms with Gasteiger partial charge in [-0.05, 0) is 36.8 Å². The molecule has 0 bridgehead atoms.